The van der Waals surface area contributed by atoms with Gasteiger partial charge in [0, 0.05) is 0 Å². The van der Waals surface area contributed by atoms with E-state index in [1.165, 1.54) is 0 Å². The van der Waals surface area contributed by atoms with Crippen molar-refractivity contribution in [3.05, 3.63) is 108 Å². The molecule has 0 aromatic heterocycles. The van der Waals surface area contributed by atoms with Crippen LogP contribution in [0.25, 0.3) is 0 Å². The highest BCUT2D eigenvalue weighted by Crippen LogP contribution is 2.44. The van der Waals surface area contributed by atoms with E-state index in [9.17, 15) is 5.11 Å². The highest BCUT2D eigenvalue weighted by atomic mass is 16.3. The van der Waals surface area contributed by atoms with E-state index < -0.39 is 11.6 Å². The number of benzene rings is 3. The number of aliphatic hydroxyl groups excluding tert-OH is 1. The minimum atomic E-state index is -0.696. The summed E-state index contributed by atoms with van der Waals surface area (Å²) in [5.41, 5.74) is 2.37. The molecule has 2 heteroatoms. The van der Waals surface area contributed by atoms with E-state index in [0.717, 1.165) is 16.7 Å². The van der Waals surface area contributed by atoms with Gasteiger partial charge in [-0.1, -0.05) is 91.0 Å². The molecule has 3 rings (SSSR count). The molecule has 1 N–H and O–H groups in total. The lowest BCUT2D eigenvalue weighted by molar-refractivity contribution is 0.0158. The Balaban J connectivity index is 2.27. The van der Waals surface area contributed by atoms with E-state index in [1.54, 1.807) is 0 Å². The lowest BCUT2D eigenvalue weighted by Crippen LogP contribution is -2.47. The van der Waals surface area contributed by atoms with Crippen LogP contribution in [-0.2, 0) is 5.54 Å². The van der Waals surface area contributed by atoms with Crippen molar-refractivity contribution in [1.82, 2.24) is 4.90 Å². The van der Waals surface area contributed by atoms with Gasteiger partial charge in [-0.3, -0.25) is 4.90 Å². The van der Waals surface area contributed by atoms with Crippen LogP contribution in [0.2, 0.25) is 0 Å². The van der Waals surface area contributed by atoms with E-state index in [1.807, 2.05) is 80.8 Å². The van der Waals surface area contributed by atoms with Crippen molar-refractivity contribution in [3.8, 4) is 0 Å². The summed E-state index contributed by atoms with van der Waals surface area (Å²) in [6.07, 6.45) is -0.696. The first-order valence-electron chi connectivity index (χ1n) is 8.19. The zero-order chi connectivity index (χ0) is 17.0. The molecule has 0 fully saturated rings. The monoisotopic (exact) mass is 317 g/mol. The summed E-state index contributed by atoms with van der Waals surface area (Å²) >= 11 is 0. The number of hydrogen-bond donors (Lipinski definition) is 1. The molecular weight excluding hydrogens is 294 g/mol. The number of aliphatic hydroxyl groups is 1. The standard InChI is InChI=1S/C22H23NO/c1-23(2)22(19-14-8-4-9-15-19,20-16-10-5-11-17-20)21(24)18-12-6-3-7-13-18/h3-17,21,24H,1-2H3. The van der Waals surface area contributed by atoms with E-state index in [2.05, 4.69) is 29.2 Å². The zero-order valence-corrected chi connectivity index (χ0v) is 14.1. The van der Waals surface area contributed by atoms with Gasteiger partial charge in [-0.05, 0) is 30.8 Å². The van der Waals surface area contributed by atoms with Gasteiger partial charge < -0.3 is 5.11 Å². The minimum Gasteiger partial charge on any atom is -0.386 e. The second kappa shape index (κ2) is 7.00. The molecule has 3 aromatic rings. The molecule has 0 radical (unpaired) electrons. The highest BCUT2D eigenvalue weighted by molar-refractivity contribution is 5.42. The Morgan fingerprint density at radius 1 is 0.667 bits per heavy atom. The Labute approximate surface area is 144 Å². The third kappa shape index (κ3) is 2.75. The predicted molar refractivity (Wildman–Crippen MR) is 98.8 cm³/mol. The van der Waals surface area contributed by atoms with Crippen LogP contribution >= 0.6 is 0 Å². The van der Waals surface area contributed by atoms with Crippen molar-refractivity contribution in [2.24, 2.45) is 0 Å². The van der Waals surface area contributed by atoms with Gasteiger partial charge in [-0.2, -0.15) is 0 Å². The van der Waals surface area contributed by atoms with Crippen molar-refractivity contribution in [2.45, 2.75) is 11.6 Å². The Morgan fingerprint density at radius 3 is 1.42 bits per heavy atom. The van der Waals surface area contributed by atoms with Crippen molar-refractivity contribution in [1.29, 1.82) is 0 Å². The fourth-order valence-corrected chi connectivity index (χ4v) is 3.50. The van der Waals surface area contributed by atoms with Crippen molar-refractivity contribution in [3.63, 3.8) is 0 Å². The molecule has 122 valence electrons. The second-order valence-corrected chi connectivity index (χ2v) is 6.21. The summed E-state index contributed by atoms with van der Waals surface area (Å²) in [5, 5.41) is 11.5. The topological polar surface area (TPSA) is 23.5 Å². The summed E-state index contributed by atoms with van der Waals surface area (Å²) < 4.78 is 0. The van der Waals surface area contributed by atoms with Crippen LogP contribution in [0, 0.1) is 0 Å². The van der Waals surface area contributed by atoms with Crippen LogP contribution in [0.4, 0.5) is 0 Å². The smallest absolute Gasteiger partial charge is 0.106 e. The second-order valence-electron chi connectivity index (χ2n) is 6.21. The van der Waals surface area contributed by atoms with E-state index in [4.69, 9.17) is 0 Å². The fourth-order valence-electron chi connectivity index (χ4n) is 3.50. The maximum atomic E-state index is 11.5. The maximum Gasteiger partial charge on any atom is 0.106 e. The average molecular weight is 317 g/mol. The van der Waals surface area contributed by atoms with E-state index >= 15 is 0 Å². The van der Waals surface area contributed by atoms with Gasteiger partial charge >= 0.3 is 0 Å². The van der Waals surface area contributed by atoms with Gasteiger partial charge in [0.05, 0.1) is 0 Å². The lowest BCUT2D eigenvalue weighted by Gasteiger charge is -2.45. The lowest BCUT2D eigenvalue weighted by atomic mass is 9.75. The Hall–Kier alpha value is -2.42. The van der Waals surface area contributed by atoms with E-state index in [-0.39, 0.29) is 0 Å². The van der Waals surface area contributed by atoms with Crippen LogP contribution in [0.15, 0.2) is 91.0 Å². The summed E-state index contributed by atoms with van der Waals surface area (Å²) in [4.78, 5) is 2.11. The largest absolute Gasteiger partial charge is 0.386 e. The first-order valence-corrected chi connectivity index (χ1v) is 8.19. The summed E-state index contributed by atoms with van der Waals surface area (Å²) in [5.74, 6) is 0. The van der Waals surface area contributed by atoms with Crippen LogP contribution < -0.4 is 0 Å². The fraction of sp³-hybridized carbons (Fsp3) is 0.182. The van der Waals surface area contributed by atoms with Crippen molar-refractivity contribution in [2.75, 3.05) is 14.1 Å². The zero-order valence-electron chi connectivity index (χ0n) is 14.1. The van der Waals surface area contributed by atoms with Gasteiger partial charge in [0.25, 0.3) is 0 Å². The van der Waals surface area contributed by atoms with Crippen LogP contribution in [-0.4, -0.2) is 24.1 Å². The molecule has 24 heavy (non-hydrogen) atoms. The Bertz CT molecular complexity index is 714. The molecule has 0 amide bonds. The molecule has 0 aliphatic rings. The van der Waals surface area contributed by atoms with Gasteiger partial charge in [0.1, 0.15) is 11.6 Å². The predicted octanol–water partition coefficient (Wildman–Crippen LogP) is 4.23. The van der Waals surface area contributed by atoms with E-state index in [0.29, 0.717) is 0 Å². The minimum absolute atomic E-state index is 0.663. The number of likely N-dealkylation sites (N-methyl/N-ethyl adjacent to an activating group) is 1. The van der Waals surface area contributed by atoms with Crippen LogP contribution in [0.1, 0.15) is 22.8 Å². The molecular formula is C22H23NO. The molecule has 1 unspecified atom stereocenters. The van der Waals surface area contributed by atoms with Gasteiger partial charge in [0.15, 0.2) is 0 Å². The average Bonchev–Trinajstić information content (AvgIpc) is 2.64. The third-order valence-electron chi connectivity index (χ3n) is 4.64. The number of nitrogens with zero attached hydrogens (tertiary/aromatic N) is 1. The number of rotatable bonds is 5. The molecule has 0 saturated heterocycles. The third-order valence-corrected chi connectivity index (χ3v) is 4.64. The van der Waals surface area contributed by atoms with Gasteiger partial charge in [0.2, 0.25) is 0 Å². The maximum absolute atomic E-state index is 11.5. The quantitative estimate of drug-likeness (QED) is 0.761. The molecule has 1 atom stereocenters. The molecule has 0 heterocycles. The number of hydrogen-bond acceptors (Lipinski definition) is 2. The molecule has 3 aromatic carbocycles. The van der Waals surface area contributed by atoms with Crippen molar-refractivity contribution >= 4 is 0 Å². The van der Waals surface area contributed by atoms with Crippen LogP contribution in [0.5, 0.6) is 0 Å². The first kappa shape index (κ1) is 16.4. The van der Waals surface area contributed by atoms with Crippen LogP contribution in [0.3, 0.4) is 0 Å². The molecule has 0 aliphatic carbocycles. The highest BCUT2D eigenvalue weighted by Gasteiger charge is 2.44. The first-order chi connectivity index (χ1) is 11.7. The van der Waals surface area contributed by atoms with Gasteiger partial charge in [-0.25, -0.2) is 0 Å². The SMILES string of the molecule is CN(C)C(c1ccccc1)(c1ccccc1)C(O)c1ccccc1. The normalized spacial score (nSPS) is 13.0. The molecule has 2 nitrogen and oxygen atoms in total. The Kier molecular flexibility index (Phi) is 4.79. The summed E-state index contributed by atoms with van der Waals surface area (Å²) in [6.45, 7) is 0. The van der Waals surface area contributed by atoms with Gasteiger partial charge in [-0.15, -0.1) is 0 Å². The molecule has 0 saturated carbocycles. The van der Waals surface area contributed by atoms with Crippen molar-refractivity contribution < 1.29 is 5.11 Å². The molecule has 0 aliphatic heterocycles. The molecule has 0 spiro atoms. The Morgan fingerprint density at radius 2 is 1.04 bits per heavy atom. The summed E-state index contributed by atoms with van der Waals surface area (Å²) in [6, 6.07) is 30.3. The summed E-state index contributed by atoms with van der Waals surface area (Å²) in [7, 11) is 4.04. The molecule has 0 bridgehead atoms.